The van der Waals surface area contributed by atoms with E-state index in [1.54, 1.807) is 0 Å². The number of rotatable bonds is 8. The second-order valence-electron chi connectivity index (χ2n) is 12.0. The van der Waals surface area contributed by atoms with Crippen molar-refractivity contribution in [2.24, 2.45) is 34.5 Å². The summed E-state index contributed by atoms with van der Waals surface area (Å²) in [5.74, 6) is -1.05. The van der Waals surface area contributed by atoms with Crippen molar-refractivity contribution in [3.8, 4) is 0 Å². The summed E-state index contributed by atoms with van der Waals surface area (Å²) in [7, 11) is 0. The van der Waals surface area contributed by atoms with Crippen molar-refractivity contribution in [2.75, 3.05) is 19.6 Å². The number of esters is 1. The Morgan fingerprint density at radius 2 is 1.50 bits per heavy atom. The molecule has 2 N–H and O–H groups in total. The second kappa shape index (κ2) is 14.8. The SMILES string of the molecule is CC(C)(C)C[N-]CC(C)(C)C.CC(C)C1CC[C@](OC(=O)CC[NH-])(C(=O)O)C1C(C)C.[K+]. The minimum absolute atomic E-state index is 0. The molecule has 2 unspecified atom stereocenters. The predicted octanol–water partition coefficient (Wildman–Crippen LogP) is 3.59. The molecule has 0 amide bonds. The predicted molar refractivity (Wildman–Crippen MR) is 128 cm³/mol. The van der Waals surface area contributed by atoms with Gasteiger partial charge in [0, 0.05) is 12.3 Å². The quantitative estimate of drug-likeness (QED) is 0.424. The van der Waals surface area contributed by atoms with Crippen molar-refractivity contribution in [1.82, 2.24) is 0 Å². The van der Waals surface area contributed by atoms with Crippen molar-refractivity contribution in [2.45, 2.75) is 94.1 Å². The molecule has 1 aliphatic carbocycles. The van der Waals surface area contributed by atoms with E-state index < -0.39 is 17.5 Å². The molecular formula is C25H48KN2O4-. The van der Waals surface area contributed by atoms with Gasteiger partial charge in [-0.2, -0.15) is 0 Å². The first-order valence-electron chi connectivity index (χ1n) is 11.7. The maximum absolute atomic E-state index is 11.8. The number of aliphatic carboxylic acids is 1. The minimum atomic E-state index is -1.41. The van der Waals surface area contributed by atoms with Gasteiger partial charge in [-0.1, -0.05) is 80.1 Å². The van der Waals surface area contributed by atoms with Gasteiger partial charge < -0.3 is 20.9 Å². The second-order valence-corrected chi connectivity index (χ2v) is 12.0. The van der Waals surface area contributed by atoms with Crippen molar-refractivity contribution in [3.05, 3.63) is 11.1 Å². The van der Waals surface area contributed by atoms with Crippen LogP contribution in [0.3, 0.4) is 0 Å². The zero-order valence-electron chi connectivity index (χ0n) is 22.7. The topological polar surface area (TPSA) is 102 Å². The van der Waals surface area contributed by atoms with Crippen LogP contribution in [0.2, 0.25) is 0 Å². The molecule has 0 radical (unpaired) electrons. The van der Waals surface area contributed by atoms with Crippen molar-refractivity contribution >= 4 is 11.9 Å². The van der Waals surface area contributed by atoms with Crippen LogP contribution in [0.5, 0.6) is 0 Å². The Labute approximate surface area is 240 Å². The van der Waals surface area contributed by atoms with Gasteiger partial charge >= 0.3 is 63.3 Å². The van der Waals surface area contributed by atoms with E-state index in [-0.39, 0.29) is 82.1 Å². The van der Waals surface area contributed by atoms with Crippen molar-refractivity contribution < 1.29 is 70.8 Å². The molecule has 0 spiro atoms. The van der Waals surface area contributed by atoms with E-state index in [9.17, 15) is 14.7 Å². The number of nitrogens with one attached hydrogen (secondary N) is 1. The third kappa shape index (κ3) is 12.3. The number of carbonyl (C=O) groups excluding carboxylic acids is 1. The fraction of sp³-hybridized carbons (Fsp3) is 0.920. The Hall–Kier alpha value is 0.496. The zero-order valence-corrected chi connectivity index (χ0v) is 25.8. The fourth-order valence-corrected chi connectivity index (χ4v) is 4.35. The normalized spacial score (nSPS) is 23.4. The van der Waals surface area contributed by atoms with Crippen LogP contribution in [0.1, 0.15) is 88.5 Å². The van der Waals surface area contributed by atoms with Gasteiger partial charge in [0.2, 0.25) is 5.60 Å². The van der Waals surface area contributed by atoms with E-state index in [2.05, 4.69) is 60.7 Å². The van der Waals surface area contributed by atoms with E-state index in [4.69, 9.17) is 10.5 Å². The monoisotopic (exact) mass is 479 g/mol. The third-order valence-corrected chi connectivity index (χ3v) is 5.58. The molecule has 3 atom stereocenters. The Balaban J connectivity index is 0. The van der Waals surface area contributed by atoms with Crippen LogP contribution in [0.4, 0.5) is 0 Å². The van der Waals surface area contributed by atoms with E-state index in [0.717, 1.165) is 19.5 Å². The molecule has 7 heteroatoms. The zero-order chi connectivity index (χ0) is 24.6. The fourth-order valence-electron chi connectivity index (χ4n) is 4.35. The maximum atomic E-state index is 11.8. The van der Waals surface area contributed by atoms with Gasteiger partial charge in [0.15, 0.2) is 0 Å². The van der Waals surface area contributed by atoms with Gasteiger partial charge in [-0.25, -0.2) is 4.79 Å². The van der Waals surface area contributed by atoms with E-state index in [1.165, 1.54) is 0 Å². The van der Waals surface area contributed by atoms with Crippen LogP contribution in [-0.2, 0) is 14.3 Å². The molecule has 1 aliphatic rings. The summed E-state index contributed by atoms with van der Waals surface area (Å²) in [6, 6.07) is 0. The van der Waals surface area contributed by atoms with E-state index in [0.29, 0.717) is 23.2 Å². The number of ether oxygens (including phenoxy) is 1. The van der Waals surface area contributed by atoms with Crippen molar-refractivity contribution in [1.29, 1.82) is 0 Å². The molecule has 184 valence electrons. The summed E-state index contributed by atoms with van der Waals surface area (Å²) in [6.07, 6.45) is 1.09. The van der Waals surface area contributed by atoms with Gasteiger partial charge in [-0.05, 0) is 30.6 Å². The Morgan fingerprint density at radius 1 is 1.03 bits per heavy atom. The van der Waals surface area contributed by atoms with Gasteiger partial charge in [0.25, 0.3) is 0 Å². The summed E-state index contributed by atoms with van der Waals surface area (Å²) in [5.41, 5.74) is 6.37. The molecular weight excluding hydrogens is 431 g/mol. The number of carbonyl (C=O) groups is 2. The van der Waals surface area contributed by atoms with Crippen LogP contribution in [-0.4, -0.2) is 42.3 Å². The number of carboxylic acid groups (broad SMARTS) is 1. The largest absolute Gasteiger partial charge is 1.00 e. The van der Waals surface area contributed by atoms with Gasteiger partial charge in [0.1, 0.15) is 0 Å². The summed E-state index contributed by atoms with van der Waals surface area (Å²) in [5, 5.41) is 14.2. The van der Waals surface area contributed by atoms with Crippen LogP contribution in [0, 0.1) is 34.5 Å². The molecule has 0 aromatic carbocycles. The first-order chi connectivity index (χ1) is 14.0. The first kappa shape index (κ1) is 34.7. The smallest absolute Gasteiger partial charge is 0.677 e. The molecule has 0 bridgehead atoms. The molecule has 0 aromatic heterocycles. The molecule has 0 saturated heterocycles. The molecule has 1 fully saturated rings. The number of hydrogen-bond donors (Lipinski definition) is 1. The maximum Gasteiger partial charge on any atom is 1.00 e. The van der Waals surface area contributed by atoms with Gasteiger partial charge in [0.05, 0.1) is 0 Å². The van der Waals surface area contributed by atoms with Crippen LogP contribution in [0.25, 0.3) is 11.1 Å². The standard InChI is InChI=1S/C15H26NO4.C10H22N.K/c1-9(2)11-5-7-15(14(18)19,13(11)10(3)4)20-12(17)6-8-16;1-9(2,3)7-11-8-10(4,5)6;/h9-11,13,16H,5-8H2,1-4H3,(H,18,19);7-8H2,1-6H3;/q2*-1;+1/t11?,13?,15-;;/m1../s1. The molecule has 32 heavy (non-hydrogen) atoms. The minimum Gasteiger partial charge on any atom is -0.677 e. The molecule has 0 aromatic rings. The number of nitrogens with zero attached hydrogens (tertiary/aromatic N) is 1. The van der Waals surface area contributed by atoms with E-state index in [1.807, 2.05) is 13.8 Å². The average Bonchev–Trinajstić information content (AvgIpc) is 2.94. The van der Waals surface area contributed by atoms with Crippen LogP contribution < -0.4 is 51.4 Å². The first-order valence-corrected chi connectivity index (χ1v) is 11.7. The number of carboxylic acids is 1. The summed E-state index contributed by atoms with van der Waals surface area (Å²) in [4.78, 5) is 23.6. The Kier molecular flexibility index (Phi) is 16.0. The van der Waals surface area contributed by atoms with Crippen molar-refractivity contribution in [3.63, 3.8) is 0 Å². The summed E-state index contributed by atoms with van der Waals surface area (Å²) >= 11 is 0. The summed E-state index contributed by atoms with van der Waals surface area (Å²) < 4.78 is 5.40. The average molecular weight is 480 g/mol. The van der Waals surface area contributed by atoms with Crippen LogP contribution in [0.15, 0.2) is 0 Å². The summed E-state index contributed by atoms with van der Waals surface area (Å²) in [6.45, 7) is 23.4. The molecule has 6 nitrogen and oxygen atoms in total. The molecule has 1 rings (SSSR count). The third-order valence-electron chi connectivity index (χ3n) is 5.58. The van der Waals surface area contributed by atoms with E-state index >= 15 is 0 Å². The molecule has 1 saturated carbocycles. The van der Waals surface area contributed by atoms with Gasteiger partial charge in [-0.15, -0.1) is 19.6 Å². The molecule has 0 heterocycles. The number of hydrogen-bond acceptors (Lipinski definition) is 3. The van der Waals surface area contributed by atoms with Gasteiger partial charge in [-0.3, -0.25) is 4.79 Å². The Bertz CT molecular complexity index is 553. The Morgan fingerprint density at radius 3 is 1.81 bits per heavy atom. The van der Waals surface area contributed by atoms with Crippen LogP contribution >= 0.6 is 0 Å². The molecule has 0 aliphatic heterocycles.